The summed E-state index contributed by atoms with van der Waals surface area (Å²) in [6.45, 7) is 4.62. The molecule has 1 heterocycles. The first kappa shape index (κ1) is 16.6. The highest BCUT2D eigenvalue weighted by molar-refractivity contribution is 6.31. The summed E-state index contributed by atoms with van der Waals surface area (Å²) in [5, 5.41) is 6.76. The van der Waals surface area contributed by atoms with Crippen LogP contribution in [0.4, 0.5) is 4.79 Å². The quantitative estimate of drug-likeness (QED) is 0.865. The first-order valence-electron chi connectivity index (χ1n) is 8.35. The number of hydrogen-bond donors (Lipinski definition) is 2. The number of rotatable bonds is 5. The second kappa shape index (κ2) is 7.51. The first-order chi connectivity index (χ1) is 11.1. The molecule has 1 aromatic carbocycles. The second-order valence-corrected chi connectivity index (χ2v) is 6.91. The van der Waals surface area contributed by atoms with Gasteiger partial charge in [-0.15, -0.1) is 0 Å². The van der Waals surface area contributed by atoms with Gasteiger partial charge in [-0.1, -0.05) is 29.8 Å². The molecule has 1 saturated heterocycles. The maximum absolute atomic E-state index is 12.0. The van der Waals surface area contributed by atoms with Gasteiger partial charge in [-0.25, -0.2) is 4.79 Å². The third-order valence-corrected chi connectivity index (χ3v) is 4.96. The van der Waals surface area contributed by atoms with E-state index in [1.165, 1.54) is 0 Å². The zero-order valence-electron chi connectivity index (χ0n) is 13.6. The molecule has 1 unspecified atom stereocenters. The van der Waals surface area contributed by atoms with Crippen molar-refractivity contribution in [3.05, 3.63) is 34.9 Å². The molecule has 0 bridgehead atoms. The molecule has 2 amide bonds. The normalized spacial score (nSPS) is 21.0. The van der Waals surface area contributed by atoms with Crippen LogP contribution in [0.5, 0.6) is 0 Å². The summed E-state index contributed by atoms with van der Waals surface area (Å²) in [5.41, 5.74) is 1.09. The van der Waals surface area contributed by atoms with E-state index in [0.29, 0.717) is 12.6 Å². The molecule has 126 valence electrons. The minimum Gasteiger partial charge on any atom is -0.336 e. The fourth-order valence-corrected chi connectivity index (χ4v) is 3.23. The van der Waals surface area contributed by atoms with Crippen molar-refractivity contribution in [2.45, 2.75) is 24.9 Å². The Bertz CT molecular complexity index is 541. The van der Waals surface area contributed by atoms with E-state index in [2.05, 4.69) is 33.5 Å². The SMILES string of the molecule is CN1CCN(C(CNC(=O)NC2CC2)c2ccccc2Cl)CC1. The summed E-state index contributed by atoms with van der Waals surface area (Å²) in [4.78, 5) is 16.7. The van der Waals surface area contributed by atoms with Crippen LogP contribution in [-0.2, 0) is 0 Å². The average molecular weight is 337 g/mol. The first-order valence-corrected chi connectivity index (χ1v) is 8.72. The summed E-state index contributed by atoms with van der Waals surface area (Å²) < 4.78 is 0. The predicted octanol–water partition coefficient (Wildman–Crippen LogP) is 2.09. The van der Waals surface area contributed by atoms with Crippen molar-refractivity contribution in [2.24, 2.45) is 0 Å². The molecule has 2 N–H and O–H groups in total. The number of likely N-dealkylation sites (N-methyl/N-ethyl adjacent to an activating group) is 1. The summed E-state index contributed by atoms with van der Waals surface area (Å²) in [6, 6.07) is 8.35. The highest BCUT2D eigenvalue weighted by Gasteiger charge is 2.27. The Balaban J connectivity index is 1.67. The average Bonchev–Trinajstić information content (AvgIpc) is 3.34. The molecule has 1 aliphatic heterocycles. The van der Waals surface area contributed by atoms with Crippen LogP contribution in [0, 0.1) is 0 Å². The standard InChI is InChI=1S/C17H25ClN4O/c1-21-8-10-22(11-9-21)16(14-4-2-3-5-15(14)18)12-19-17(23)20-13-6-7-13/h2-5,13,16H,6-12H2,1H3,(H2,19,20,23). The van der Waals surface area contributed by atoms with Gasteiger partial charge in [-0.2, -0.15) is 0 Å². The molecule has 1 aliphatic carbocycles. The third-order valence-electron chi connectivity index (χ3n) is 4.61. The van der Waals surface area contributed by atoms with Gasteiger partial charge in [0.2, 0.25) is 0 Å². The van der Waals surface area contributed by atoms with Gasteiger partial charge in [0, 0.05) is 43.8 Å². The van der Waals surface area contributed by atoms with E-state index in [1.54, 1.807) is 0 Å². The Morgan fingerprint density at radius 2 is 1.96 bits per heavy atom. The lowest BCUT2D eigenvalue weighted by atomic mass is 10.0. The van der Waals surface area contributed by atoms with E-state index in [-0.39, 0.29) is 12.1 Å². The van der Waals surface area contributed by atoms with Crippen LogP contribution < -0.4 is 10.6 Å². The van der Waals surface area contributed by atoms with Crippen LogP contribution in [-0.4, -0.2) is 61.6 Å². The fourth-order valence-electron chi connectivity index (χ4n) is 2.97. The van der Waals surface area contributed by atoms with E-state index >= 15 is 0 Å². The Morgan fingerprint density at radius 3 is 2.61 bits per heavy atom. The van der Waals surface area contributed by atoms with Crippen LogP contribution in [0.2, 0.25) is 5.02 Å². The largest absolute Gasteiger partial charge is 0.336 e. The molecular formula is C17H25ClN4O. The van der Waals surface area contributed by atoms with Crippen molar-refractivity contribution in [3.63, 3.8) is 0 Å². The maximum Gasteiger partial charge on any atom is 0.315 e. The topological polar surface area (TPSA) is 47.6 Å². The number of nitrogens with one attached hydrogen (secondary N) is 2. The molecule has 0 radical (unpaired) electrons. The van der Waals surface area contributed by atoms with Crippen LogP contribution in [0.25, 0.3) is 0 Å². The van der Waals surface area contributed by atoms with Crippen LogP contribution in [0.15, 0.2) is 24.3 Å². The highest BCUT2D eigenvalue weighted by Crippen LogP contribution is 2.28. The predicted molar refractivity (Wildman–Crippen MR) is 92.8 cm³/mol. The van der Waals surface area contributed by atoms with Crippen molar-refractivity contribution < 1.29 is 4.79 Å². The molecule has 2 aliphatic rings. The van der Waals surface area contributed by atoms with Gasteiger partial charge in [-0.3, -0.25) is 4.90 Å². The molecular weight excluding hydrogens is 312 g/mol. The van der Waals surface area contributed by atoms with E-state index in [0.717, 1.165) is 49.6 Å². The Hall–Kier alpha value is -1.30. The number of halogens is 1. The summed E-state index contributed by atoms with van der Waals surface area (Å²) in [7, 11) is 2.14. The van der Waals surface area contributed by atoms with Crippen LogP contribution in [0.1, 0.15) is 24.4 Å². The van der Waals surface area contributed by atoms with Crippen molar-refractivity contribution >= 4 is 17.6 Å². The van der Waals surface area contributed by atoms with Crippen LogP contribution in [0.3, 0.4) is 0 Å². The van der Waals surface area contributed by atoms with Gasteiger partial charge >= 0.3 is 6.03 Å². The van der Waals surface area contributed by atoms with Crippen LogP contribution >= 0.6 is 11.6 Å². The molecule has 6 heteroatoms. The van der Waals surface area contributed by atoms with Gasteiger partial charge < -0.3 is 15.5 Å². The molecule has 1 saturated carbocycles. The van der Waals surface area contributed by atoms with Crippen molar-refractivity contribution in [2.75, 3.05) is 39.8 Å². The van der Waals surface area contributed by atoms with Crippen molar-refractivity contribution in [3.8, 4) is 0 Å². The number of carbonyl (C=O) groups excluding carboxylic acids is 1. The number of hydrogen-bond acceptors (Lipinski definition) is 3. The Kier molecular flexibility index (Phi) is 5.41. The molecule has 1 aromatic rings. The molecule has 2 fully saturated rings. The number of benzene rings is 1. The number of amides is 2. The fraction of sp³-hybridized carbons (Fsp3) is 0.588. The Labute approximate surface area is 143 Å². The van der Waals surface area contributed by atoms with Gasteiger partial charge in [0.05, 0.1) is 6.04 Å². The van der Waals surface area contributed by atoms with E-state index in [4.69, 9.17) is 11.6 Å². The summed E-state index contributed by atoms with van der Waals surface area (Å²) in [6.07, 6.45) is 2.19. The maximum atomic E-state index is 12.0. The van der Waals surface area contributed by atoms with Gasteiger partial charge in [-0.05, 0) is 31.5 Å². The van der Waals surface area contributed by atoms with Gasteiger partial charge in [0.25, 0.3) is 0 Å². The summed E-state index contributed by atoms with van der Waals surface area (Å²) >= 11 is 6.41. The molecule has 1 atom stereocenters. The Morgan fingerprint density at radius 1 is 1.26 bits per heavy atom. The molecule has 3 rings (SSSR count). The zero-order chi connectivity index (χ0) is 16.2. The van der Waals surface area contributed by atoms with Crippen molar-refractivity contribution in [1.29, 1.82) is 0 Å². The lowest BCUT2D eigenvalue weighted by Crippen LogP contribution is -2.49. The minimum atomic E-state index is -0.0707. The molecule has 0 spiro atoms. The molecule has 0 aromatic heterocycles. The number of urea groups is 1. The third kappa shape index (κ3) is 4.59. The highest BCUT2D eigenvalue weighted by atomic mass is 35.5. The number of carbonyl (C=O) groups is 1. The second-order valence-electron chi connectivity index (χ2n) is 6.51. The minimum absolute atomic E-state index is 0.0707. The van der Waals surface area contributed by atoms with E-state index in [1.807, 2.05) is 18.2 Å². The van der Waals surface area contributed by atoms with Gasteiger partial charge in [0.15, 0.2) is 0 Å². The van der Waals surface area contributed by atoms with Crippen molar-refractivity contribution in [1.82, 2.24) is 20.4 Å². The van der Waals surface area contributed by atoms with Gasteiger partial charge in [0.1, 0.15) is 0 Å². The summed E-state index contributed by atoms with van der Waals surface area (Å²) in [5.74, 6) is 0. The molecule has 5 nitrogen and oxygen atoms in total. The lowest BCUT2D eigenvalue weighted by Gasteiger charge is -2.38. The smallest absolute Gasteiger partial charge is 0.315 e. The van der Waals surface area contributed by atoms with E-state index in [9.17, 15) is 4.79 Å². The zero-order valence-corrected chi connectivity index (χ0v) is 14.4. The van der Waals surface area contributed by atoms with E-state index < -0.39 is 0 Å². The number of piperazine rings is 1. The number of nitrogens with zero attached hydrogens (tertiary/aromatic N) is 2. The monoisotopic (exact) mass is 336 g/mol. The lowest BCUT2D eigenvalue weighted by molar-refractivity contribution is 0.111. The molecule has 23 heavy (non-hydrogen) atoms.